The maximum Gasteiger partial charge on any atom is 0.306 e. The third-order valence-electron chi connectivity index (χ3n) is 9.22. The Morgan fingerprint density at radius 1 is 1.16 bits per heavy atom. The Morgan fingerprint density at radius 2 is 1.93 bits per heavy atom. The van der Waals surface area contributed by atoms with E-state index in [1.165, 1.54) is 11.3 Å². The molecule has 1 aromatic carbocycles. The van der Waals surface area contributed by atoms with Crippen LogP contribution in [0.4, 0.5) is 15.2 Å². The predicted octanol–water partition coefficient (Wildman–Crippen LogP) is 4.14. The van der Waals surface area contributed by atoms with Gasteiger partial charge in [0, 0.05) is 61.4 Å². The number of halogens is 1. The van der Waals surface area contributed by atoms with E-state index in [4.69, 9.17) is 5.11 Å². The number of carboxylic acid groups (broad SMARTS) is 1. The summed E-state index contributed by atoms with van der Waals surface area (Å²) in [5, 5.41) is 28.4. The number of hydrazine groups is 1. The van der Waals surface area contributed by atoms with Gasteiger partial charge in [0.2, 0.25) is 0 Å². The van der Waals surface area contributed by atoms with Crippen LogP contribution in [0.1, 0.15) is 48.7 Å². The van der Waals surface area contributed by atoms with Crippen LogP contribution in [0.25, 0.3) is 5.57 Å². The molecule has 3 aromatic rings. The lowest BCUT2D eigenvalue weighted by atomic mass is 9.88. The van der Waals surface area contributed by atoms with Crippen molar-refractivity contribution in [3.05, 3.63) is 88.9 Å². The molecule has 13 heteroatoms. The monoisotopic (exact) mass is 631 g/mol. The number of carboxylic acids is 1. The molecule has 0 radical (unpaired) electrons. The number of amides is 1. The molecule has 3 N–H and O–H groups in total. The van der Waals surface area contributed by atoms with Gasteiger partial charge >= 0.3 is 5.97 Å². The van der Waals surface area contributed by atoms with Crippen LogP contribution in [-0.2, 0) is 22.6 Å². The van der Waals surface area contributed by atoms with E-state index in [0.717, 1.165) is 41.9 Å². The Morgan fingerprint density at radius 3 is 2.64 bits per heavy atom. The van der Waals surface area contributed by atoms with Crippen LogP contribution >= 0.6 is 11.3 Å². The number of aryl methyl sites for hydroxylation is 1. The van der Waals surface area contributed by atoms with Crippen molar-refractivity contribution in [1.82, 2.24) is 24.6 Å². The van der Waals surface area contributed by atoms with Crippen molar-refractivity contribution in [2.24, 2.45) is 0 Å². The van der Waals surface area contributed by atoms with Gasteiger partial charge in [0.15, 0.2) is 11.2 Å². The second-order valence-electron chi connectivity index (χ2n) is 12.0. The summed E-state index contributed by atoms with van der Waals surface area (Å²) >= 11 is 1.33. The molecule has 2 atom stereocenters. The van der Waals surface area contributed by atoms with Crippen molar-refractivity contribution >= 4 is 39.6 Å². The van der Waals surface area contributed by atoms with Crippen LogP contribution in [0, 0.1) is 0 Å². The van der Waals surface area contributed by atoms with Gasteiger partial charge in [-0.05, 0) is 49.0 Å². The van der Waals surface area contributed by atoms with Gasteiger partial charge in [-0.1, -0.05) is 24.3 Å². The average molecular weight is 632 g/mol. The second kappa shape index (κ2) is 11.5. The van der Waals surface area contributed by atoms with Crippen LogP contribution in [0.2, 0.25) is 0 Å². The summed E-state index contributed by atoms with van der Waals surface area (Å²) in [6.45, 7) is 1.93. The minimum Gasteiger partial charge on any atom is -0.481 e. The molecule has 5 heterocycles. The van der Waals surface area contributed by atoms with Crippen molar-refractivity contribution in [1.29, 1.82) is 0 Å². The lowest BCUT2D eigenvalue weighted by molar-refractivity contribution is -0.143. The van der Waals surface area contributed by atoms with Crippen LogP contribution in [-0.4, -0.2) is 78.4 Å². The van der Waals surface area contributed by atoms with Gasteiger partial charge in [0.05, 0.1) is 24.0 Å². The molecule has 11 nitrogen and oxygen atoms in total. The Kier molecular flexibility index (Phi) is 7.54. The fourth-order valence-electron chi connectivity index (χ4n) is 6.86. The van der Waals surface area contributed by atoms with Crippen molar-refractivity contribution in [2.45, 2.75) is 56.3 Å². The Labute approximate surface area is 263 Å². The number of fused-ring (bicyclic) bond motifs is 2. The Balaban J connectivity index is 1.12. The number of thiazole rings is 1. The number of rotatable bonds is 8. The third-order valence-corrected chi connectivity index (χ3v) is 9.91. The summed E-state index contributed by atoms with van der Waals surface area (Å²) in [6.07, 6.45) is 11.2. The second-order valence-corrected chi connectivity index (χ2v) is 12.9. The number of likely N-dealkylation sites (N-methyl/N-ethyl adjacent to an activating group) is 1. The standard InChI is InChI=1S/C32H34FN7O4S/c1-37-28-21(18-40(37)29(30(43)36-31-34-12-16-45-31)27-24-3-2-13-39(24)19-35-27)6-9-23(26(28)33)20-4-7-22(8-5-20)38-14-10-32(44,11-15-38)17-25(41)42/h4-9,12,16,18-19,28-29,44H,2-3,10-11,13-15,17H2,1H3,(H,41,42)(H,34,36,43). The van der Waals surface area contributed by atoms with Gasteiger partial charge in [-0.25, -0.2) is 19.4 Å². The first kappa shape index (κ1) is 29.4. The summed E-state index contributed by atoms with van der Waals surface area (Å²) < 4.78 is 18.5. The van der Waals surface area contributed by atoms with Crippen molar-refractivity contribution in [3.63, 3.8) is 0 Å². The van der Waals surface area contributed by atoms with E-state index in [1.54, 1.807) is 41.0 Å². The van der Waals surface area contributed by atoms with Crippen molar-refractivity contribution < 1.29 is 24.2 Å². The average Bonchev–Trinajstić information content (AvgIpc) is 3.81. The van der Waals surface area contributed by atoms with Gasteiger partial charge < -0.3 is 19.7 Å². The van der Waals surface area contributed by atoms with Crippen LogP contribution in [0.3, 0.4) is 0 Å². The highest BCUT2D eigenvalue weighted by molar-refractivity contribution is 7.13. The smallest absolute Gasteiger partial charge is 0.306 e. The number of allylic oxidation sites excluding steroid dienone is 2. The molecule has 2 unspecified atom stereocenters. The number of hydrogen-bond donors (Lipinski definition) is 3. The largest absolute Gasteiger partial charge is 0.481 e. The predicted molar refractivity (Wildman–Crippen MR) is 168 cm³/mol. The lowest BCUT2D eigenvalue weighted by Crippen LogP contribution is -2.45. The molecule has 0 bridgehead atoms. The fraction of sp³-hybridized carbons (Fsp3) is 0.375. The van der Waals surface area contributed by atoms with Crippen molar-refractivity contribution in [3.8, 4) is 0 Å². The van der Waals surface area contributed by atoms with E-state index in [9.17, 15) is 14.7 Å². The lowest BCUT2D eigenvalue weighted by Gasteiger charge is -2.38. The third kappa shape index (κ3) is 5.45. The van der Waals surface area contributed by atoms with Crippen LogP contribution in [0.5, 0.6) is 0 Å². The molecule has 0 saturated carbocycles. The van der Waals surface area contributed by atoms with Crippen LogP contribution in [0.15, 0.2) is 71.9 Å². The minimum atomic E-state index is -1.19. The number of piperidine rings is 1. The molecular formula is C32H34FN7O4S. The number of hydrogen-bond acceptors (Lipinski definition) is 9. The molecule has 1 fully saturated rings. The number of carbonyl (C=O) groups is 2. The Bertz CT molecular complexity index is 1710. The highest BCUT2D eigenvalue weighted by Crippen LogP contribution is 2.42. The van der Waals surface area contributed by atoms with Gasteiger partial charge in [-0.15, -0.1) is 11.3 Å². The molecule has 3 aliphatic heterocycles. The molecule has 1 saturated heterocycles. The van der Waals surface area contributed by atoms with E-state index >= 15 is 4.39 Å². The SMILES string of the molecule is CN1C2C(=CN1C(C(=O)Nc1nccs1)c1ncn3c1CCC3)C=CC(c1ccc(N3CCC(O)(CC(=O)O)CC3)cc1)=C2F. The number of anilines is 2. The summed E-state index contributed by atoms with van der Waals surface area (Å²) in [5.41, 5.74) is 3.36. The van der Waals surface area contributed by atoms with E-state index in [0.29, 0.717) is 42.3 Å². The number of benzene rings is 1. The molecule has 0 spiro atoms. The van der Waals surface area contributed by atoms with E-state index in [2.05, 4.69) is 24.8 Å². The molecule has 45 heavy (non-hydrogen) atoms. The quantitative estimate of drug-likeness (QED) is 0.336. The molecule has 1 amide bonds. The summed E-state index contributed by atoms with van der Waals surface area (Å²) in [5.74, 6) is -1.60. The number of aromatic nitrogens is 3. The van der Waals surface area contributed by atoms with Gasteiger partial charge in [0.1, 0.15) is 11.9 Å². The van der Waals surface area contributed by atoms with Gasteiger partial charge in [0.25, 0.3) is 5.91 Å². The highest BCUT2D eigenvalue weighted by Gasteiger charge is 2.43. The van der Waals surface area contributed by atoms with Gasteiger partial charge in [-0.2, -0.15) is 0 Å². The minimum absolute atomic E-state index is 0.259. The molecule has 7 rings (SSSR count). The number of nitrogens with one attached hydrogen (secondary N) is 1. The number of carbonyl (C=O) groups excluding carboxylic acids is 1. The van der Waals surface area contributed by atoms with E-state index in [-0.39, 0.29) is 18.2 Å². The topological polar surface area (TPSA) is 127 Å². The normalized spacial score (nSPS) is 21.5. The van der Waals surface area contributed by atoms with E-state index in [1.807, 2.05) is 36.5 Å². The van der Waals surface area contributed by atoms with Crippen molar-refractivity contribution in [2.75, 3.05) is 30.4 Å². The summed E-state index contributed by atoms with van der Waals surface area (Å²) in [4.78, 5) is 35.9. The molecule has 4 aliphatic rings. The number of aliphatic carboxylic acids is 1. The molecule has 1 aliphatic carbocycles. The first-order chi connectivity index (χ1) is 21.7. The Hall–Kier alpha value is -4.33. The summed E-state index contributed by atoms with van der Waals surface area (Å²) in [6, 6.07) is 6.11. The van der Waals surface area contributed by atoms with E-state index < -0.39 is 23.7 Å². The number of aliphatic hydroxyl groups is 1. The fourth-order valence-corrected chi connectivity index (χ4v) is 7.39. The molecular weight excluding hydrogens is 597 g/mol. The highest BCUT2D eigenvalue weighted by atomic mass is 32.1. The van der Waals surface area contributed by atoms with Gasteiger partial charge in [-0.3, -0.25) is 19.9 Å². The maximum atomic E-state index is 16.4. The summed E-state index contributed by atoms with van der Waals surface area (Å²) in [7, 11) is 1.79. The number of nitrogens with zero attached hydrogens (tertiary/aromatic N) is 6. The first-order valence-corrected chi connectivity index (χ1v) is 15.9. The zero-order chi connectivity index (χ0) is 31.3. The molecule has 2 aromatic heterocycles. The molecule has 234 valence electrons. The first-order valence-electron chi connectivity index (χ1n) is 15.1. The zero-order valence-corrected chi connectivity index (χ0v) is 25.6. The number of imidazole rings is 1. The maximum absolute atomic E-state index is 16.4. The zero-order valence-electron chi connectivity index (χ0n) is 24.8. The van der Waals surface area contributed by atoms with Crippen LogP contribution < -0.4 is 10.2 Å².